The maximum Gasteiger partial charge on any atom is 0.215 e. The van der Waals surface area contributed by atoms with Crippen LogP contribution in [0.3, 0.4) is 0 Å². The van der Waals surface area contributed by atoms with Gasteiger partial charge in [-0.25, -0.2) is 0 Å². The summed E-state index contributed by atoms with van der Waals surface area (Å²) in [4.78, 5) is 3.93. The van der Waals surface area contributed by atoms with Gasteiger partial charge in [-0.2, -0.15) is 0 Å². The van der Waals surface area contributed by atoms with Crippen molar-refractivity contribution in [3.05, 3.63) is 35.8 Å². The van der Waals surface area contributed by atoms with Crippen LogP contribution in [0, 0.1) is 5.41 Å². The van der Waals surface area contributed by atoms with Crippen molar-refractivity contribution in [2.45, 2.75) is 26.9 Å². The van der Waals surface area contributed by atoms with Gasteiger partial charge < -0.3 is 10.5 Å². The van der Waals surface area contributed by atoms with Crippen LogP contribution >= 0.6 is 0 Å². The summed E-state index contributed by atoms with van der Waals surface area (Å²) in [5, 5.41) is 7.86. The van der Waals surface area contributed by atoms with Crippen molar-refractivity contribution in [2.75, 3.05) is 0 Å². The van der Waals surface area contributed by atoms with Crippen LogP contribution in [-0.4, -0.2) is 17.0 Å². The van der Waals surface area contributed by atoms with E-state index < -0.39 is 0 Å². The van der Waals surface area contributed by atoms with Gasteiger partial charge >= 0.3 is 0 Å². The van der Waals surface area contributed by atoms with Crippen molar-refractivity contribution < 1.29 is 4.74 Å². The summed E-state index contributed by atoms with van der Waals surface area (Å²) in [7, 11) is 0. The fraction of sp³-hybridized carbons (Fsp3) is 0.333. The smallest absolute Gasteiger partial charge is 0.215 e. The van der Waals surface area contributed by atoms with Crippen LogP contribution in [-0.2, 0) is 4.74 Å². The second kappa shape index (κ2) is 5.30. The lowest BCUT2D eigenvalue weighted by atomic mass is 10.1. The zero-order valence-electron chi connectivity index (χ0n) is 9.82. The van der Waals surface area contributed by atoms with Crippen molar-refractivity contribution in [3.8, 4) is 0 Å². The van der Waals surface area contributed by atoms with Gasteiger partial charge in [0.25, 0.3) is 0 Å². The molecule has 0 bridgehead atoms. The first-order chi connectivity index (χ1) is 7.52. The number of ether oxygens (including phenoxy) is 1. The molecule has 0 saturated carbocycles. The Hall–Kier alpha value is -1.84. The van der Waals surface area contributed by atoms with Gasteiger partial charge in [0.2, 0.25) is 5.90 Å². The molecular weight excluding hydrogens is 202 g/mol. The van der Waals surface area contributed by atoms with Crippen molar-refractivity contribution in [1.29, 1.82) is 5.41 Å². The Labute approximate surface area is 95.7 Å². The number of nitrogens with one attached hydrogen (secondary N) is 1. The molecule has 0 unspecified atom stereocenters. The minimum atomic E-state index is -0.0383. The highest BCUT2D eigenvalue weighted by Gasteiger charge is 2.13. The summed E-state index contributed by atoms with van der Waals surface area (Å²) in [6.07, 6.45) is 3.30. The van der Waals surface area contributed by atoms with Gasteiger partial charge in [0.15, 0.2) is 0 Å². The standard InChI is InChI=1S/C12H17N3O/c1-8(2)16-12(14)11(9(3)13)10-4-6-15-7-5-10/h4-8,14H,13H2,1-3H3/b11-9-,14-12?. The molecule has 0 aliphatic heterocycles. The highest BCUT2D eigenvalue weighted by atomic mass is 16.5. The molecule has 0 radical (unpaired) electrons. The molecule has 86 valence electrons. The second-order valence-electron chi connectivity index (χ2n) is 3.79. The highest BCUT2D eigenvalue weighted by molar-refractivity contribution is 6.18. The number of hydrogen-bond acceptors (Lipinski definition) is 4. The Morgan fingerprint density at radius 3 is 2.38 bits per heavy atom. The largest absolute Gasteiger partial charge is 0.475 e. The molecule has 0 spiro atoms. The van der Waals surface area contributed by atoms with Crippen molar-refractivity contribution >= 4 is 11.5 Å². The van der Waals surface area contributed by atoms with Crippen LogP contribution < -0.4 is 5.73 Å². The maximum atomic E-state index is 7.86. The van der Waals surface area contributed by atoms with Gasteiger partial charge in [-0.05, 0) is 38.5 Å². The summed E-state index contributed by atoms with van der Waals surface area (Å²) in [6.45, 7) is 5.52. The van der Waals surface area contributed by atoms with Gasteiger partial charge in [0.05, 0.1) is 11.7 Å². The molecule has 0 fully saturated rings. The number of nitrogens with two attached hydrogens (primary N) is 1. The van der Waals surface area contributed by atoms with Crippen LogP contribution in [0.1, 0.15) is 26.3 Å². The Kier molecular flexibility index (Phi) is 4.05. The first-order valence-corrected chi connectivity index (χ1v) is 5.14. The summed E-state index contributed by atoms with van der Waals surface area (Å²) in [5.74, 6) is 0.0983. The molecule has 4 heteroatoms. The minimum Gasteiger partial charge on any atom is -0.475 e. The number of hydrogen-bond donors (Lipinski definition) is 2. The van der Waals surface area contributed by atoms with Gasteiger partial charge in [-0.15, -0.1) is 0 Å². The van der Waals surface area contributed by atoms with Crippen LogP contribution in [0.25, 0.3) is 5.57 Å². The predicted octanol–water partition coefficient (Wildman–Crippen LogP) is 2.17. The number of aromatic nitrogens is 1. The van der Waals surface area contributed by atoms with Gasteiger partial charge in [-0.3, -0.25) is 10.4 Å². The third-order valence-corrected chi connectivity index (χ3v) is 1.94. The molecular formula is C12H17N3O. The molecule has 0 aliphatic carbocycles. The number of pyridine rings is 1. The van der Waals surface area contributed by atoms with E-state index in [-0.39, 0.29) is 12.0 Å². The Bertz CT molecular complexity index is 392. The predicted molar refractivity (Wildman–Crippen MR) is 65.0 cm³/mol. The molecule has 1 aromatic rings. The lowest BCUT2D eigenvalue weighted by molar-refractivity contribution is 0.230. The van der Waals surface area contributed by atoms with Gasteiger partial charge in [0.1, 0.15) is 0 Å². The third-order valence-electron chi connectivity index (χ3n) is 1.94. The number of rotatable bonds is 3. The summed E-state index contributed by atoms with van der Waals surface area (Å²) in [5.41, 5.74) is 7.82. The quantitative estimate of drug-likeness (QED) is 0.604. The number of nitrogens with zero attached hydrogens (tertiary/aromatic N) is 1. The molecule has 0 aliphatic rings. The van der Waals surface area contributed by atoms with Crippen LogP contribution in [0.15, 0.2) is 30.2 Å². The van der Waals surface area contributed by atoms with E-state index in [0.717, 1.165) is 5.56 Å². The van der Waals surface area contributed by atoms with E-state index in [4.69, 9.17) is 15.9 Å². The molecule has 4 nitrogen and oxygen atoms in total. The third kappa shape index (κ3) is 3.08. The van der Waals surface area contributed by atoms with E-state index in [2.05, 4.69) is 4.98 Å². The molecule has 0 saturated heterocycles. The summed E-state index contributed by atoms with van der Waals surface area (Å²) >= 11 is 0. The van der Waals surface area contributed by atoms with Crippen LogP contribution in [0.4, 0.5) is 0 Å². The summed E-state index contributed by atoms with van der Waals surface area (Å²) in [6, 6.07) is 3.62. The van der Waals surface area contributed by atoms with Gasteiger partial charge in [-0.1, -0.05) is 0 Å². The molecule has 1 rings (SSSR count). The average molecular weight is 219 g/mol. The molecule has 0 amide bonds. The lowest BCUT2D eigenvalue weighted by Gasteiger charge is -2.15. The molecule has 1 heterocycles. The zero-order valence-corrected chi connectivity index (χ0v) is 9.82. The highest BCUT2D eigenvalue weighted by Crippen LogP contribution is 2.18. The molecule has 0 aromatic carbocycles. The lowest BCUT2D eigenvalue weighted by Crippen LogP contribution is -2.15. The van der Waals surface area contributed by atoms with E-state index in [0.29, 0.717) is 11.3 Å². The Morgan fingerprint density at radius 2 is 1.94 bits per heavy atom. The fourth-order valence-corrected chi connectivity index (χ4v) is 1.35. The molecule has 0 atom stereocenters. The molecule has 16 heavy (non-hydrogen) atoms. The van der Waals surface area contributed by atoms with Crippen molar-refractivity contribution in [3.63, 3.8) is 0 Å². The second-order valence-corrected chi connectivity index (χ2v) is 3.79. The van der Waals surface area contributed by atoms with E-state index >= 15 is 0 Å². The monoisotopic (exact) mass is 219 g/mol. The van der Waals surface area contributed by atoms with E-state index in [1.165, 1.54) is 0 Å². The number of allylic oxidation sites excluding steroid dienone is 1. The van der Waals surface area contributed by atoms with Crippen molar-refractivity contribution in [2.24, 2.45) is 5.73 Å². The average Bonchev–Trinajstić information content (AvgIpc) is 2.17. The molecule has 1 aromatic heterocycles. The topological polar surface area (TPSA) is 72.0 Å². The van der Waals surface area contributed by atoms with Crippen LogP contribution in [0.5, 0.6) is 0 Å². The van der Waals surface area contributed by atoms with Gasteiger partial charge in [0, 0.05) is 18.1 Å². The minimum absolute atomic E-state index is 0.0383. The van der Waals surface area contributed by atoms with Crippen LogP contribution in [0.2, 0.25) is 0 Å². The normalized spacial score (nSPS) is 12.2. The molecule has 3 N–H and O–H groups in total. The Morgan fingerprint density at radius 1 is 1.38 bits per heavy atom. The van der Waals surface area contributed by atoms with E-state index in [1.807, 2.05) is 26.0 Å². The zero-order chi connectivity index (χ0) is 12.1. The first kappa shape index (κ1) is 12.2. The van der Waals surface area contributed by atoms with Crippen molar-refractivity contribution in [1.82, 2.24) is 4.98 Å². The maximum absolute atomic E-state index is 7.86. The van der Waals surface area contributed by atoms with E-state index in [9.17, 15) is 0 Å². The summed E-state index contributed by atoms with van der Waals surface area (Å²) < 4.78 is 5.35. The SMILES string of the molecule is C/C(N)=C(/C(=N)OC(C)C)c1ccncc1. The van der Waals surface area contributed by atoms with E-state index in [1.54, 1.807) is 19.3 Å². The Balaban J connectivity index is 3.04. The first-order valence-electron chi connectivity index (χ1n) is 5.14. The fourth-order valence-electron chi connectivity index (χ4n) is 1.35.